The third-order valence-electron chi connectivity index (χ3n) is 4.34. The molecule has 0 bridgehead atoms. The molecule has 0 spiro atoms. The molecule has 6 heteroatoms. The van der Waals surface area contributed by atoms with E-state index in [1.807, 2.05) is 25.1 Å². The lowest BCUT2D eigenvalue weighted by atomic mass is 9.85. The van der Waals surface area contributed by atoms with Crippen molar-refractivity contribution >= 4 is 5.91 Å². The van der Waals surface area contributed by atoms with Crippen LogP contribution in [0.1, 0.15) is 66.7 Å². The number of hydrogen-bond donors (Lipinski definition) is 1. The minimum absolute atomic E-state index is 0.131. The van der Waals surface area contributed by atoms with Crippen LogP contribution >= 0.6 is 0 Å². The summed E-state index contributed by atoms with van der Waals surface area (Å²) in [6, 6.07) is 5.56. The van der Waals surface area contributed by atoms with Crippen LogP contribution in [0.3, 0.4) is 0 Å². The van der Waals surface area contributed by atoms with Crippen LogP contribution in [0.15, 0.2) is 22.6 Å². The fraction of sp³-hybridized carbons (Fsp3) is 0.526. The van der Waals surface area contributed by atoms with Crippen molar-refractivity contribution in [3.8, 4) is 5.75 Å². The van der Waals surface area contributed by atoms with Crippen molar-refractivity contribution in [2.75, 3.05) is 6.54 Å². The van der Waals surface area contributed by atoms with Gasteiger partial charge in [0.15, 0.2) is 6.61 Å². The van der Waals surface area contributed by atoms with Crippen molar-refractivity contribution in [3.63, 3.8) is 0 Å². The van der Waals surface area contributed by atoms with Crippen molar-refractivity contribution in [1.29, 1.82) is 0 Å². The van der Waals surface area contributed by atoms with Crippen LogP contribution in [0, 0.1) is 12.8 Å². The number of nitrogens with zero attached hydrogens (tertiary/aromatic N) is 2. The zero-order valence-corrected chi connectivity index (χ0v) is 15.0. The number of aryl methyl sites for hydroxylation is 1. The first-order valence-corrected chi connectivity index (χ1v) is 8.87. The number of nitrogens with one attached hydrogen (secondary N) is 1. The maximum absolute atomic E-state index is 12.4. The number of aromatic nitrogens is 2. The predicted octanol–water partition coefficient (Wildman–Crippen LogP) is 3.61. The van der Waals surface area contributed by atoms with E-state index in [4.69, 9.17) is 9.15 Å². The van der Waals surface area contributed by atoms with E-state index >= 15 is 0 Å². The first kappa shape index (κ1) is 17.5. The SMILES string of the molecule is Cc1ccc(OCc2nnc(C3CCC3)o2)c(C(=O)NCC(C)C)c1. The molecule has 1 aromatic carbocycles. The van der Waals surface area contributed by atoms with E-state index in [1.165, 1.54) is 6.42 Å². The normalized spacial score (nSPS) is 14.4. The van der Waals surface area contributed by atoms with Gasteiger partial charge in [-0.3, -0.25) is 4.79 Å². The summed E-state index contributed by atoms with van der Waals surface area (Å²) in [5.41, 5.74) is 1.53. The smallest absolute Gasteiger partial charge is 0.255 e. The molecule has 1 fully saturated rings. The topological polar surface area (TPSA) is 77.2 Å². The molecule has 6 nitrogen and oxygen atoms in total. The average Bonchev–Trinajstić information content (AvgIpc) is 2.98. The second-order valence-electron chi connectivity index (χ2n) is 7.05. The third kappa shape index (κ3) is 4.38. The molecule has 3 rings (SSSR count). The minimum Gasteiger partial charge on any atom is -0.483 e. The van der Waals surface area contributed by atoms with Crippen molar-refractivity contribution in [2.45, 2.75) is 52.6 Å². The van der Waals surface area contributed by atoms with Crippen LogP contribution in [-0.4, -0.2) is 22.6 Å². The van der Waals surface area contributed by atoms with Crippen LogP contribution in [0.2, 0.25) is 0 Å². The lowest BCUT2D eigenvalue weighted by Crippen LogP contribution is -2.27. The maximum atomic E-state index is 12.4. The third-order valence-corrected chi connectivity index (χ3v) is 4.34. The summed E-state index contributed by atoms with van der Waals surface area (Å²) in [5.74, 6) is 2.32. The van der Waals surface area contributed by atoms with E-state index in [1.54, 1.807) is 0 Å². The monoisotopic (exact) mass is 343 g/mol. The Labute approximate surface area is 148 Å². The lowest BCUT2D eigenvalue weighted by Gasteiger charge is -2.20. The molecule has 1 aliphatic rings. The van der Waals surface area contributed by atoms with Crippen LogP contribution in [0.25, 0.3) is 0 Å². The summed E-state index contributed by atoms with van der Waals surface area (Å²) in [4.78, 5) is 12.4. The number of rotatable bonds is 7. The Kier molecular flexibility index (Phi) is 5.36. The number of benzene rings is 1. The van der Waals surface area contributed by atoms with Gasteiger partial charge in [-0.1, -0.05) is 31.9 Å². The van der Waals surface area contributed by atoms with Crippen LogP contribution in [0.4, 0.5) is 0 Å². The number of amides is 1. The van der Waals surface area contributed by atoms with Gasteiger partial charge >= 0.3 is 0 Å². The molecule has 1 aliphatic carbocycles. The average molecular weight is 343 g/mol. The van der Waals surface area contributed by atoms with Crippen LogP contribution < -0.4 is 10.1 Å². The number of carbonyl (C=O) groups excluding carboxylic acids is 1. The minimum atomic E-state index is -0.131. The molecule has 0 unspecified atom stereocenters. The number of carbonyl (C=O) groups is 1. The Balaban J connectivity index is 1.66. The maximum Gasteiger partial charge on any atom is 0.255 e. The van der Waals surface area contributed by atoms with Gasteiger partial charge in [0.2, 0.25) is 5.89 Å². The van der Waals surface area contributed by atoms with Gasteiger partial charge in [-0.25, -0.2) is 0 Å². The molecule has 0 radical (unpaired) electrons. The zero-order valence-electron chi connectivity index (χ0n) is 15.0. The highest BCUT2D eigenvalue weighted by atomic mass is 16.5. The van der Waals surface area contributed by atoms with Gasteiger partial charge in [-0.2, -0.15) is 0 Å². The van der Waals surface area contributed by atoms with Crippen molar-refractivity contribution in [1.82, 2.24) is 15.5 Å². The summed E-state index contributed by atoms with van der Waals surface area (Å²) < 4.78 is 11.5. The Hall–Kier alpha value is -2.37. The second kappa shape index (κ2) is 7.68. The molecule has 0 saturated heterocycles. The van der Waals surface area contributed by atoms with E-state index in [0.29, 0.717) is 41.5 Å². The predicted molar refractivity (Wildman–Crippen MR) is 93.6 cm³/mol. The van der Waals surface area contributed by atoms with Crippen molar-refractivity contribution in [3.05, 3.63) is 41.1 Å². The number of ether oxygens (including phenoxy) is 1. The molecule has 134 valence electrons. The summed E-state index contributed by atoms with van der Waals surface area (Å²) in [6.45, 7) is 6.85. The van der Waals surface area contributed by atoms with Gasteiger partial charge in [-0.05, 0) is 37.8 Å². The Morgan fingerprint density at radius 3 is 2.84 bits per heavy atom. The van der Waals surface area contributed by atoms with Gasteiger partial charge in [0.25, 0.3) is 11.8 Å². The largest absolute Gasteiger partial charge is 0.483 e. The van der Waals surface area contributed by atoms with Gasteiger partial charge < -0.3 is 14.5 Å². The van der Waals surface area contributed by atoms with Gasteiger partial charge in [0, 0.05) is 12.5 Å². The lowest BCUT2D eigenvalue weighted by molar-refractivity contribution is 0.0943. The summed E-state index contributed by atoms with van der Waals surface area (Å²) in [6.07, 6.45) is 3.44. The van der Waals surface area contributed by atoms with E-state index in [9.17, 15) is 4.79 Å². The van der Waals surface area contributed by atoms with E-state index in [0.717, 1.165) is 18.4 Å². The summed E-state index contributed by atoms with van der Waals surface area (Å²) >= 11 is 0. The quantitative estimate of drug-likeness (QED) is 0.831. The van der Waals surface area contributed by atoms with Gasteiger partial charge in [0.05, 0.1) is 5.56 Å². The molecular weight excluding hydrogens is 318 g/mol. The van der Waals surface area contributed by atoms with Crippen molar-refractivity contribution < 1.29 is 13.9 Å². The molecule has 0 aliphatic heterocycles. The summed E-state index contributed by atoms with van der Waals surface area (Å²) in [5, 5.41) is 11.1. The standard InChI is InChI=1S/C19H25N3O3/c1-12(2)10-20-18(23)15-9-13(3)7-8-16(15)24-11-17-21-22-19(25-17)14-5-4-6-14/h7-9,12,14H,4-6,10-11H2,1-3H3,(H,20,23). The molecular formula is C19H25N3O3. The molecule has 1 saturated carbocycles. The molecule has 1 heterocycles. The molecule has 25 heavy (non-hydrogen) atoms. The Morgan fingerprint density at radius 1 is 1.36 bits per heavy atom. The Morgan fingerprint density at radius 2 is 2.16 bits per heavy atom. The van der Waals surface area contributed by atoms with E-state index in [-0.39, 0.29) is 12.5 Å². The molecule has 2 aromatic rings. The van der Waals surface area contributed by atoms with E-state index in [2.05, 4.69) is 29.4 Å². The first-order chi connectivity index (χ1) is 12.0. The van der Waals surface area contributed by atoms with Crippen LogP contribution in [-0.2, 0) is 6.61 Å². The zero-order chi connectivity index (χ0) is 17.8. The Bertz CT molecular complexity index is 735. The fourth-order valence-electron chi connectivity index (χ4n) is 2.62. The molecule has 1 aromatic heterocycles. The first-order valence-electron chi connectivity index (χ1n) is 8.87. The molecule has 0 atom stereocenters. The fourth-order valence-corrected chi connectivity index (χ4v) is 2.62. The highest BCUT2D eigenvalue weighted by Gasteiger charge is 2.25. The number of hydrogen-bond acceptors (Lipinski definition) is 5. The highest BCUT2D eigenvalue weighted by Crippen LogP contribution is 2.35. The van der Waals surface area contributed by atoms with Crippen molar-refractivity contribution in [2.24, 2.45) is 5.92 Å². The highest BCUT2D eigenvalue weighted by molar-refractivity contribution is 5.97. The van der Waals surface area contributed by atoms with Gasteiger partial charge in [0.1, 0.15) is 5.75 Å². The molecule has 1 amide bonds. The second-order valence-corrected chi connectivity index (χ2v) is 7.05. The summed E-state index contributed by atoms with van der Waals surface area (Å²) in [7, 11) is 0. The van der Waals surface area contributed by atoms with Crippen LogP contribution in [0.5, 0.6) is 5.75 Å². The molecule has 1 N–H and O–H groups in total. The van der Waals surface area contributed by atoms with E-state index < -0.39 is 0 Å². The van der Waals surface area contributed by atoms with Gasteiger partial charge in [-0.15, -0.1) is 10.2 Å².